The van der Waals surface area contributed by atoms with Crippen LogP contribution in [-0.4, -0.2) is 37.2 Å². The highest BCUT2D eigenvalue weighted by Gasteiger charge is 2.19. The highest BCUT2D eigenvalue weighted by Crippen LogP contribution is 2.18. The summed E-state index contributed by atoms with van der Waals surface area (Å²) in [5, 5.41) is 0. The first-order valence-corrected chi connectivity index (χ1v) is 32.8. The lowest BCUT2D eigenvalue weighted by Gasteiger charge is -2.18. The van der Waals surface area contributed by atoms with Crippen LogP contribution in [0.3, 0.4) is 0 Å². The minimum absolute atomic E-state index is 0.0659. The van der Waals surface area contributed by atoms with Crippen LogP contribution in [0, 0.1) is 0 Å². The van der Waals surface area contributed by atoms with Crippen LogP contribution in [0.5, 0.6) is 0 Å². The van der Waals surface area contributed by atoms with Crippen molar-refractivity contribution in [1.82, 2.24) is 0 Å². The number of hydrogen-bond donors (Lipinski definition) is 0. The second-order valence-electron chi connectivity index (χ2n) is 22.4. The Balaban J connectivity index is 4.31. The largest absolute Gasteiger partial charge is 0.462 e. The molecule has 73 heavy (non-hydrogen) atoms. The minimum Gasteiger partial charge on any atom is -0.462 e. The molecule has 0 radical (unpaired) electrons. The maximum Gasteiger partial charge on any atom is 0.306 e. The molecule has 0 saturated carbocycles. The summed E-state index contributed by atoms with van der Waals surface area (Å²) in [4.78, 5) is 38.4. The van der Waals surface area contributed by atoms with Crippen LogP contribution in [0.1, 0.15) is 367 Å². The molecule has 0 aromatic heterocycles. The lowest BCUT2D eigenvalue weighted by atomic mass is 10.0. The molecule has 0 saturated heterocycles. The summed E-state index contributed by atoms with van der Waals surface area (Å²) in [5.74, 6) is -0.839. The fraction of sp³-hybridized carbons (Fsp3) is 0.896. The first-order valence-electron chi connectivity index (χ1n) is 32.8. The van der Waals surface area contributed by atoms with Gasteiger partial charge >= 0.3 is 17.9 Å². The van der Waals surface area contributed by atoms with Gasteiger partial charge in [0.05, 0.1) is 0 Å². The molecule has 0 aromatic rings. The zero-order valence-corrected chi connectivity index (χ0v) is 49.4. The third-order valence-corrected chi connectivity index (χ3v) is 15.0. The molecule has 0 N–H and O–H groups in total. The number of allylic oxidation sites excluding steroid dienone is 4. The number of unbranched alkanes of at least 4 members (excludes halogenated alkanes) is 46. The SMILES string of the molecule is CCCCC/C=C\C/C=C\CCCCCCCCCCCC(=O)OC[C@H](COC(=O)CCCCCCCCCCCCCCCCCCCCC)OC(=O)CCCCCCCCCCCCCCCCCCC. The number of carbonyl (C=O) groups is 3. The summed E-state index contributed by atoms with van der Waals surface area (Å²) in [5.41, 5.74) is 0. The van der Waals surface area contributed by atoms with Crippen LogP contribution in [-0.2, 0) is 28.6 Å². The van der Waals surface area contributed by atoms with E-state index in [2.05, 4.69) is 45.1 Å². The quantitative estimate of drug-likeness (QED) is 0.0261. The van der Waals surface area contributed by atoms with Crippen molar-refractivity contribution in [3.05, 3.63) is 24.3 Å². The predicted molar refractivity (Wildman–Crippen MR) is 316 cm³/mol. The normalized spacial score (nSPS) is 12.1. The smallest absolute Gasteiger partial charge is 0.306 e. The van der Waals surface area contributed by atoms with Crippen LogP contribution in [0.15, 0.2) is 24.3 Å². The van der Waals surface area contributed by atoms with Gasteiger partial charge in [0, 0.05) is 19.3 Å². The van der Waals surface area contributed by atoms with Gasteiger partial charge in [-0.15, -0.1) is 0 Å². The Kier molecular flexibility index (Phi) is 60.6. The van der Waals surface area contributed by atoms with E-state index in [4.69, 9.17) is 14.2 Å². The van der Waals surface area contributed by atoms with E-state index in [1.165, 1.54) is 263 Å². The molecule has 0 bridgehead atoms. The van der Waals surface area contributed by atoms with Gasteiger partial charge in [-0.25, -0.2) is 0 Å². The average molecular weight is 1030 g/mol. The van der Waals surface area contributed by atoms with E-state index in [0.717, 1.165) is 64.2 Å². The highest BCUT2D eigenvalue weighted by molar-refractivity contribution is 5.71. The van der Waals surface area contributed by atoms with Gasteiger partial charge in [-0.1, -0.05) is 321 Å². The summed E-state index contributed by atoms with van der Waals surface area (Å²) < 4.78 is 17.0. The minimum atomic E-state index is -0.769. The van der Waals surface area contributed by atoms with Crippen molar-refractivity contribution in [2.24, 2.45) is 0 Å². The average Bonchev–Trinajstić information content (AvgIpc) is 3.39. The molecule has 0 heterocycles. The van der Waals surface area contributed by atoms with Gasteiger partial charge in [0.2, 0.25) is 0 Å². The van der Waals surface area contributed by atoms with Crippen molar-refractivity contribution in [1.29, 1.82) is 0 Å². The van der Waals surface area contributed by atoms with Gasteiger partial charge in [-0.05, 0) is 51.4 Å². The van der Waals surface area contributed by atoms with Crippen LogP contribution in [0.4, 0.5) is 0 Å². The van der Waals surface area contributed by atoms with Gasteiger partial charge in [-0.3, -0.25) is 14.4 Å². The predicted octanol–water partition coefficient (Wildman–Crippen LogP) is 22.2. The molecular weight excluding hydrogens is 901 g/mol. The fourth-order valence-corrected chi connectivity index (χ4v) is 10.0. The third-order valence-electron chi connectivity index (χ3n) is 15.0. The van der Waals surface area contributed by atoms with Crippen LogP contribution in [0.25, 0.3) is 0 Å². The van der Waals surface area contributed by atoms with Crippen molar-refractivity contribution in [3.63, 3.8) is 0 Å². The van der Waals surface area contributed by atoms with Crippen LogP contribution < -0.4 is 0 Å². The molecule has 430 valence electrons. The summed E-state index contributed by atoms with van der Waals surface area (Å²) >= 11 is 0. The molecule has 0 aliphatic rings. The van der Waals surface area contributed by atoms with Gasteiger partial charge in [-0.2, -0.15) is 0 Å². The molecular formula is C67H126O6. The van der Waals surface area contributed by atoms with Crippen LogP contribution in [0.2, 0.25) is 0 Å². The van der Waals surface area contributed by atoms with E-state index in [9.17, 15) is 14.4 Å². The second kappa shape index (κ2) is 62.4. The summed E-state index contributed by atoms with van der Waals surface area (Å²) in [7, 11) is 0. The molecule has 0 aliphatic carbocycles. The molecule has 6 heteroatoms. The molecule has 0 rings (SSSR count). The Hall–Kier alpha value is -2.11. The maximum absolute atomic E-state index is 12.9. The zero-order valence-electron chi connectivity index (χ0n) is 49.4. The highest BCUT2D eigenvalue weighted by atomic mass is 16.6. The van der Waals surface area contributed by atoms with E-state index in [1.54, 1.807) is 0 Å². The fourth-order valence-electron chi connectivity index (χ4n) is 10.0. The monoisotopic (exact) mass is 1030 g/mol. The summed E-state index contributed by atoms with van der Waals surface area (Å²) in [6.07, 6.45) is 74.6. The van der Waals surface area contributed by atoms with Gasteiger partial charge in [0.25, 0.3) is 0 Å². The van der Waals surface area contributed by atoms with Crippen molar-refractivity contribution < 1.29 is 28.6 Å². The lowest BCUT2D eigenvalue weighted by molar-refractivity contribution is -0.167. The Bertz CT molecular complexity index is 1180. The Labute approximate surface area is 455 Å². The standard InChI is InChI=1S/C67H126O6/c1-4-7-10-13-16-19-22-25-28-31-33-36-38-41-44-47-50-53-56-59-65(68)71-62-64(73-67(70)61-58-55-52-49-46-43-40-35-30-27-24-21-18-15-12-9-6-3)63-72-66(69)60-57-54-51-48-45-42-39-37-34-32-29-26-23-20-17-14-11-8-5-2/h16,19,25,28,64H,4-15,17-18,20-24,26-27,29-63H2,1-3H3/b19-16-,28-25-/t64-/m1/s1. The van der Waals surface area contributed by atoms with Gasteiger partial charge < -0.3 is 14.2 Å². The maximum atomic E-state index is 12.9. The van der Waals surface area contributed by atoms with Crippen molar-refractivity contribution in [2.45, 2.75) is 374 Å². The number of hydrogen-bond acceptors (Lipinski definition) is 6. The summed E-state index contributed by atoms with van der Waals surface area (Å²) in [6.45, 7) is 6.69. The molecule has 0 aliphatic heterocycles. The Morgan fingerprint density at radius 3 is 0.781 bits per heavy atom. The van der Waals surface area contributed by atoms with Crippen LogP contribution >= 0.6 is 0 Å². The van der Waals surface area contributed by atoms with E-state index in [1.807, 2.05) is 0 Å². The molecule has 6 nitrogen and oxygen atoms in total. The summed E-state index contributed by atoms with van der Waals surface area (Å²) in [6, 6.07) is 0. The van der Waals surface area contributed by atoms with Crippen molar-refractivity contribution >= 4 is 17.9 Å². The van der Waals surface area contributed by atoms with Crippen molar-refractivity contribution in [2.75, 3.05) is 13.2 Å². The van der Waals surface area contributed by atoms with Gasteiger partial charge in [0.1, 0.15) is 13.2 Å². The van der Waals surface area contributed by atoms with E-state index in [0.29, 0.717) is 19.3 Å². The van der Waals surface area contributed by atoms with Crippen molar-refractivity contribution in [3.8, 4) is 0 Å². The molecule has 0 unspecified atom stereocenters. The number of carbonyl (C=O) groups excluding carboxylic acids is 3. The topological polar surface area (TPSA) is 78.9 Å². The first-order chi connectivity index (χ1) is 36.0. The van der Waals surface area contributed by atoms with E-state index < -0.39 is 6.10 Å². The lowest BCUT2D eigenvalue weighted by Crippen LogP contribution is -2.30. The molecule has 0 spiro atoms. The zero-order chi connectivity index (χ0) is 52.9. The Morgan fingerprint density at radius 1 is 0.274 bits per heavy atom. The molecule has 1 atom stereocenters. The van der Waals surface area contributed by atoms with E-state index in [-0.39, 0.29) is 31.1 Å². The second-order valence-corrected chi connectivity index (χ2v) is 22.4. The molecule has 0 aromatic carbocycles. The molecule has 0 amide bonds. The number of rotatable bonds is 61. The first kappa shape index (κ1) is 70.9. The molecule has 0 fully saturated rings. The Morgan fingerprint density at radius 2 is 0.493 bits per heavy atom. The number of esters is 3. The number of ether oxygens (including phenoxy) is 3. The van der Waals surface area contributed by atoms with E-state index >= 15 is 0 Å². The van der Waals surface area contributed by atoms with Gasteiger partial charge in [0.15, 0.2) is 6.10 Å². The third kappa shape index (κ3) is 60.6.